The normalized spacial score (nSPS) is 21.1. The summed E-state index contributed by atoms with van der Waals surface area (Å²) in [5, 5.41) is 21.2. The van der Waals surface area contributed by atoms with Crippen molar-refractivity contribution in [2.24, 2.45) is 5.92 Å². The van der Waals surface area contributed by atoms with Crippen LogP contribution in [0.5, 0.6) is 0 Å². The Kier molecular flexibility index (Phi) is 2.79. The molecule has 1 saturated heterocycles. The predicted molar refractivity (Wildman–Crippen MR) is 70.6 cm³/mol. The molecule has 2 fully saturated rings. The quantitative estimate of drug-likeness (QED) is 0.682. The Balaban J connectivity index is 1.89. The average molecular weight is 331 g/mol. The first-order chi connectivity index (χ1) is 8.90. The van der Waals surface area contributed by atoms with E-state index in [2.05, 4.69) is 15.9 Å². The lowest BCUT2D eigenvalue weighted by molar-refractivity contribution is -0.384. The molecule has 1 aromatic rings. The Morgan fingerprint density at radius 3 is 2.63 bits per heavy atom. The molecule has 3 rings (SSSR count). The Bertz CT molecular complexity index is 556. The minimum Gasteiger partial charge on any atom is -0.386 e. The maximum absolute atomic E-state index is 13.4. The molecule has 1 aliphatic heterocycles. The third-order valence-corrected chi connectivity index (χ3v) is 4.43. The molecule has 1 heterocycles. The Hall–Kier alpha value is -1.21. The van der Waals surface area contributed by atoms with Crippen molar-refractivity contribution in [3.8, 4) is 0 Å². The molecule has 1 saturated carbocycles. The van der Waals surface area contributed by atoms with Gasteiger partial charge in [-0.2, -0.15) is 0 Å². The molecule has 1 aliphatic carbocycles. The van der Waals surface area contributed by atoms with Gasteiger partial charge in [-0.1, -0.05) is 0 Å². The lowest BCUT2D eigenvalue weighted by atomic mass is 9.88. The maximum Gasteiger partial charge on any atom is 0.295 e. The lowest BCUT2D eigenvalue weighted by Gasteiger charge is -2.48. The van der Waals surface area contributed by atoms with Gasteiger partial charge in [0.05, 0.1) is 15.5 Å². The van der Waals surface area contributed by atoms with Crippen molar-refractivity contribution in [3.63, 3.8) is 0 Å². The van der Waals surface area contributed by atoms with Gasteiger partial charge in [0, 0.05) is 13.1 Å². The number of nitro groups is 1. The molecule has 0 bridgehead atoms. The zero-order chi connectivity index (χ0) is 13.8. The summed E-state index contributed by atoms with van der Waals surface area (Å²) in [5.41, 5.74) is -0.642. The average Bonchev–Trinajstić information content (AvgIpc) is 3.12. The van der Waals surface area contributed by atoms with Gasteiger partial charge in [0.25, 0.3) is 5.69 Å². The Labute approximate surface area is 117 Å². The molecule has 0 radical (unpaired) electrons. The summed E-state index contributed by atoms with van der Waals surface area (Å²) >= 11 is 3.03. The standard InChI is InChI=1S/C12H12BrFN2O3/c13-8-3-10(11(16(18)19)4-9(8)14)15-5-12(17,6-15)7-1-2-7/h3-4,7,17H,1-2,5-6H2. The number of aliphatic hydroxyl groups is 1. The molecule has 102 valence electrons. The summed E-state index contributed by atoms with van der Waals surface area (Å²) in [6.45, 7) is 0.743. The largest absolute Gasteiger partial charge is 0.386 e. The number of hydrogen-bond acceptors (Lipinski definition) is 4. The topological polar surface area (TPSA) is 66.6 Å². The monoisotopic (exact) mass is 330 g/mol. The van der Waals surface area contributed by atoms with E-state index in [4.69, 9.17) is 0 Å². The van der Waals surface area contributed by atoms with Crippen molar-refractivity contribution in [1.82, 2.24) is 0 Å². The van der Waals surface area contributed by atoms with Crippen LogP contribution in [0.25, 0.3) is 0 Å². The summed E-state index contributed by atoms with van der Waals surface area (Å²) in [4.78, 5) is 12.1. The smallest absolute Gasteiger partial charge is 0.295 e. The van der Waals surface area contributed by atoms with E-state index in [0.29, 0.717) is 24.7 Å². The molecule has 1 N–H and O–H groups in total. The van der Waals surface area contributed by atoms with Gasteiger partial charge in [-0.05, 0) is 40.8 Å². The molecule has 0 unspecified atom stereocenters. The van der Waals surface area contributed by atoms with E-state index in [9.17, 15) is 19.6 Å². The number of anilines is 1. The SMILES string of the molecule is O=[N+]([O-])c1cc(F)c(Br)cc1N1CC(O)(C2CC2)C1. The first-order valence-electron chi connectivity index (χ1n) is 6.01. The van der Waals surface area contributed by atoms with Gasteiger partial charge < -0.3 is 10.0 Å². The summed E-state index contributed by atoms with van der Waals surface area (Å²) < 4.78 is 13.6. The van der Waals surface area contributed by atoms with E-state index >= 15 is 0 Å². The van der Waals surface area contributed by atoms with Gasteiger partial charge in [0.15, 0.2) is 0 Å². The second-order valence-electron chi connectivity index (χ2n) is 5.25. The highest BCUT2D eigenvalue weighted by Crippen LogP contribution is 2.47. The zero-order valence-electron chi connectivity index (χ0n) is 9.97. The number of hydrogen-bond donors (Lipinski definition) is 1. The van der Waals surface area contributed by atoms with E-state index in [1.807, 2.05) is 0 Å². The van der Waals surface area contributed by atoms with E-state index in [-0.39, 0.29) is 10.2 Å². The highest BCUT2D eigenvalue weighted by atomic mass is 79.9. The minimum absolute atomic E-state index is 0.190. The van der Waals surface area contributed by atoms with E-state index in [1.54, 1.807) is 4.90 Å². The molecule has 0 atom stereocenters. The molecule has 0 amide bonds. The fourth-order valence-electron chi connectivity index (χ4n) is 2.59. The molecule has 1 aromatic carbocycles. The fourth-order valence-corrected chi connectivity index (χ4v) is 2.92. The maximum atomic E-state index is 13.4. The van der Waals surface area contributed by atoms with Crippen LogP contribution in [-0.4, -0.2) is 28.7 Å². The van der Waals surface area contributed by atoms with Crippen LogP contribution < -0.4 is 4.90 Å². The minimum atomic E-state index is -0.727. The van der Waals surface area contributed by atoms with Gasteiger partial charge in [0.2, 0.25) is 0 Å². The fraction of sp³-hybridized carbons (Fsp3) is 0.500. The van der Waals surface area contributed by atoms with Gasteiger partial charge in [-0.25, -0.2) is 4.39 Å². The highest BCUT2D eigenvalue weighted by molar-refractivity contribution is 9.10. The van der Waals surface area contributed by atoms with Crippen LogP contribution in [0.2, 0.25) is 0 Å². The van der Waals surface area contributed by atoms with Gasteiger partial charge >= 0.3 is 0 Å². The Morgan fingerprint density at radius 2 is 2.11 bits per heavy atom. The van der Waals surface area contributed by atoms with Crippen molar-refractivity contribution in [2.75, 3.05) is 18.0 Å². The molecular weight excluding hydrogens is 319 g/mol. The number of nitro benzene ring substituents is 1. The number of benzene rings is 1. The lowest BCUT2D eigenvalue weighted by Crippen LogP contribution is -2.63. The molecule has 0 spiro atoms. The van der Waals surface area contributed by atoms with Gasteiger partial charge in [-0.15, -0.1) is 0 Å². The van der Waals surface area contributed by atoms with Crippen molar-refractivity contribution in [1.29, 1.82) is 0 Å². The van der Waals surface area contributed by atoms with Crippen molar-refractivity contribution in [3.05, 3.63) is 32.5 Å². The summed E-state index contributed by atoms with van der Waals surface area (Å²) in [7, 11) is 0. The second-order valence-corrected chi connectivity index (χ2v) is 6.10. The van der Waals surface area contributed by atoms with Crippen LogP contribution in [0.3, 0.4) is 0 Å². The number of β-amino-alcohol motifs (C(OH)–C–C–N with tert-alkyl or cyclic N) is 1. The van der Waals surface area contributed by atoms with Crippen molar-refractivity contribution in [2.45, 2.75) is 18.4 Å². The van der Waals surface area contributed by atoms with Crippen LogP contribution in [0, 0.1) is 21.8 Å². The van der Waals surface area contributed by atoms with Crippen LogP contribution in [0.15, 0.2) is 16.6 Å². The third kappa shape index (κ3) is 2.10. The predicted octanol–water partition coefficient (Wildman–Crippen LogP) is 2.46. The van der Waals surface area contributed by atoms with E-state index < -0.39 is 16.3 Å². The van der Waals surface area contributed by atoms with Crippen LogP contribution in [0.1, 0.15) is 12.8 Å². The van der Waals surface area contributed by atoms with Crippen LogP contribution in [-0.2, 0) is 0 Å². The first-order valence-corrected chi connectivity index (χ1v) is 6.81. The molecule has 0 aromatic heterocycles. The summed E-state index contributed by atoms with van der Waals surface area (Å²) in [6, 6.07) is 2.31. The van der Waals surface area contributed by atoms with Crippen molar-refractivity contribution >= 4 is 27.3 Å². The highest BCUT2D eigenvalue weighted by Gasteiger charge is 2.52. The molecule has 2 aliphatic rings. The summed E-state index contributed by atoms with van der Waals surface area (Å²) in [5.74, 6) is -0.347. The van der Waals surface area contributed by atoms with Gasteiger partial charge in [-0.3, -0.25) is 10.1 Å². The molecule has 5 nitrogen and oxygen atoms in total. The number of rotatable bonds is 3. The van der Waals surface area contributed by atoms with Gasteiger partial charge in [0.1, 0.15) is 17.1 Å². The number of halogens is 2. The van der Waals surface area contributed by atoms with Crippen molar-refractivity contribution < 1.29 is 14.4 Å². The van der Waals surface area contributed by atoms with E-state index in [0.717, 1.165) is 18.9 Å². The van der Waals surface area contributed by atoms with Crippen LogP contribution >= 0.6 is 15.9 Å². The molecule has 19 heavy (non-hydrogen) atoms. The summed E-state index contributed by atoms with van der Waals surface area (Å²) in [6.07, 6.45) is 2.03. The second kappa shape index (κ2) is 4.14. The zero-order valence-corrected chi connectivity index (χ0v) is 11.6. The van der Waals surface area contributed by atoms with E-state index in [1.165, 1.54) is 6.07 Å². The van der Waals surface area contributed by atoms with Crippen LogP contribution in [0.4, 0.5) is 15.8 Å². The molecular formula is C12H12BrFN2O3. The third-order valence-electron chi connectivity index (χ3n) is 3.82. The Morgan fingerprint density at radius 1 is 1.47 bits per heavy atom. The first kappa shape index (κ1) is 12.8. The molecule has 7 heteroatoms. The number of nitrogens with zero attached hydrogens (tertiary/aromatic N) is 2.